The molecular weight excluding hydrogens is 394 g/mol. The molecule has 28 heavy (non-hydrogen) atoms. The Kier molecular flexibility index (Phi) is 7.08. The summed E-state index contributed by atoms with van der Waals surface area (Å²) >= 11 is 3.02. The second-order valence-corrected chi connectivity index (χ2v) is 8.11. The third-order valence-electron chi connectivity index (χ3n) is 3.99. The van der Waals surface area contributed by atoms with Crippen molar-refractivity contribution in [3.05, 3.63) is 68.0 Å². The first kappa shape index (κ1) is 20.4. The van der Waals surface area contributed by atoms with E-state index in [1.165, 1.54) is 22.7 Å². The summed E-state index contributed by atoms with van der Waals surface area (Å²) in [5.41, 5.74) is 0.516. The topological polar surface area (TPSA) is 67.8 Å². The lowest BCUT2D eigenvalue weighted by Gasteiger charge is -2.12. The first-order valence-corrected chi connectivity index (χ1v) is 10.8. The molecule has 5 nitrogen and oxygen atoms in total. The number of amides is 1. The number of thiophene rings is 2. The Morgan fingerprint density at radius 2 is 1.86 bits per heavy atom. The number of hydrogen-bond donors (Lipinski definition) is 2. The van der Waals surface area contributed by atoms with Crippen LogP contribution in [0.1, 0.15) is 44.9 Å². The van der Waals surface area contributed by atoms with Crippen molar-refractivity contribution in [2.75, 3.05) is 13.2 Å². The van der Waals surface area contributed by atoms with Crippen LogP contribution in [0.4, 0.5) is 0 Å². The number of ether oxygens (including phenoxy) is 2. The van der Waals surface area contributed by atoms with Crippen molar-refractivity contribution >= 4 is 28.6 Å². The van der Waals surface area contributed by atoms with Gasteiger partial charge in [-0.25, -0.2) is 0 Å². The maximum Gasteiger partial charge on any atom is 0.251 e. The van der Waals surface area contributed by atoms with Gasteiger partial charge >= 0.3 is 0 Å². The molecule has 0 saturated heterocycles. The number of rotatable bonds is 9. The molecule has 0 bridgehead atoms. The van der Waals surface area contributed by atoms with Gasteiger partial charge in [0.2, 0.25) is 0 Å². The zero-order valence-electron chi connectivity index (χ0n) is 15.8. The van der Waals surface area contributed by atoms with E-state index in [9.17, 15) is 9.90 Å². The van der Waals surface area contributed by atoms with E-state index in [1.54, 1.807) is 18.2 Å². The SMILES string of the molecule is CCOc1ccc(C(=O)NCc2ccc(C(O)c3cccs3)s2)cc1OCC. The molecule has 0 aliphatic heterocycles. The third-order valence-corrected chi connectivity index (χ3v) is 6.06. The minimum absolute atomic E-state index is 0.183. The minimum atomic E-state index is -0.616. The molecular formula is C21H23NO4S2. The van der Waals surface area contributed by atoms with Crippen LogP contribution in [-0.4, -0.2) is 24.2 Å². The normalized spacial score (nSPS) is 11.8. The summed E-state index contributed by atoms with van der Waals surface area (Å²) < 4.78 is 11.1. The molecule has 7 heteroatoms. The smallest absolute Gasteiger partial charge is 0.251 e. The van der Waals surface area contributed by atoms with Gasteiger partial charge in [-0.15, -0.1) is 22.7 Å². The van der Waals surface area contributed by atoms with Gasteiger partial charge in [-0.1, -0.05) is 6.07 Å². The molecule has 3 rings (SSSR count). The van der Waals surface area contributed by atoms with E-state index in [0.29, 0.717) is 36.8 Å². The Bertz CT molecular complexity index is 905. The lowest BCUT2D eigenvalue weighted by Crippen LogP contribution is -2.22. The van der Waals surface area contributed by atoms with Gasteiger partial charge in [0.15, 0.2) is 11.5 Å². The van der Waals surface area contributed by atoms with E-state index in [1.807, 2.05) is 43.5 Å². The van der Waals surface area contributed by atoms with Crippen molar-refractivity contribution in [3.8, 4) is 11.5 Å². The van der Waals surface area contributed by atoms with Crippen LogP contribution in [0, 0.1) is 0 Å². The number of nitrogens with one attached hydrogen (secondary N) is 1. The standard InChI is InChI=1S/C21H23NO4S2/c1-3-25-16-9-7-14(12-17(16)26-4-2)21(24)22-13-15-8-10-19(28-15)20(23)18-6-5-11-27-18/h5-12,20,23H,3-4,13H2,1-2H3,(H,22,24). The number of hydrogen-bond acceptors (Lipinski definition) is 6. The largest absolute Gasteiger partial charge is 0.490 e. The molecule has 2 aromatic heterocycles. The van der Waals surface area contributed by atoms with Crippen LogP contribution in [-0.2, 0) is 6.54 Å². The fourth-order valence-corrected chi connectivity index (χ4v) is 4.45. The molecule has 2 N–H and O–H groups in total. The van der Waals surface area contributed by atoms with Crippen LogP contribution < -0.4 is 14.8 Å². The zero-order chi connectivity index (χ0) is 19.9. The third kappa shape index (κ3) is 4.92. The van der Waals surface area contributed by atoms with E-state index in [2.05, 4.69) is 5.32 Å². The summed E-state index contributed by atoms with van der Waals surface area (Å²) in [5.74, 6) is 1.01. The van der Waals surface area contributed by atoms with E-state index in [-0.39, 0.29) is 5.91 Å². The predicted molar refractivity (Wildman–Crippen MR) is 113 cm³/mol. The van der Waals surface area contributed by atoms with Gasteiger partial charge in [-0.3, -0.25) is 4.79 Å². The second kappa shape index (κ2) is 9.73. The van der Waals surface area contributed by atoms with E-state index >= 15 is 0 Å². The van der Waals surface area contributed by atoms with E-state index in [0.717, 1.165) is 14.6 Å². The van der Waals surface area contributed by atoms with Crippen LogP contribution >= 0.6 is 22.7 Å². The molecule has 1 aromatic carbocycles. The summed E-state index contributed by atoms with van der Waals surface area (Å²) in [6.45, 7) is 5.22. The summed E-state index contributed by atoms with van der Waals surface area (Å²) in [6.07, 6.45) is -0.616. The summed E-state index contributed by atoms with van der Waals surface area (Å²) in [6, 6.07) is 12.8. The highest BCUT2D eigenvalue weighted by Gasteiger charge is 2.15. The van der Waals surface area contributed by atoms with Crippen molar-refractivity contribution in [1.82, 2.24) is 5.32 Å². The Hall–Kier alpha value is -2.35. The summed E-state index contributed by atoms with van der Waals surface area (Å²) in [7, 11) is 0. The maximum atomic E-state index is 12.5. The van der Waals surface area contributed by atoms with Crippen molar-refractivity contribution in [2.24, 2.45) is 0 Å². The lowest BCUT2D eigenvalue weighted by atomic mass is 10.2. The van der Waals surface area contributed by atoms with Gasteiger partial charge in [-0.2, -0.15) is 0 Å². The maximum absolute atomic E-state index is 12.5. The Balaban J connectivity index is 1.63. The van der Waals surface area contributed by atoms with Gasteiger partial charge in [0, 0.05) is 20.2 Å². The number of benzene rings is 1. The molecule has 0 aliphatic carbocycles. The molecule has 0 saturated carbocycles. The predicted octanol–water partition coefficient (Wildman–Crippen LogP) is 4.62. The van der Waals surface area contributed by atoms with Crippen molar-refractivity contribution in [1.29, 1.82) is 0 Å². The monoisotopic (exact) mass is 417 g/mol. The Morgan fingerprint density at radius 1 is 1.07 bits per heavy atom. The molecule has 0 fully saturated rings. The summed E-state index contributed by atoms with van der Waals surface area (Å²) in [5, 5.41) is 15.3. The number of aliphatic hydroxyl groups excluding tert-OH is 1. The molecule has 1 unspecified atom stereocenters. The highest BCUT2D eigenvalue weighted by molar-refractivity contribution is 7.12. The van der Waals surface area contributed by atoms with Gasteiger partial charge in [-0.05, 0) is 55.6 Å². The number of carbonyl (C=O) groups is 1. The van der Waals surface area contributed by atoms with Crippen molar-refractivity contribution < 1.29 is 19.4 Å². The Morgan fingerprint density at radius 3 is 2.57 bits per heavy atom. The van der Waals surface area contributed by atoms with Crippen LogP contribution in [0.3, 0.4) is 0 Å². The quantitative estimate of drug-likeness (QED) is 0.533. The molecule has 148 valence electrons. The first-order chi connectivity index (χ1) is 13.6. The van der Waals surface area contributed by atoms with Gasteiger partial charge < -0.3 is 19.9 Å². The molecule has 0 radical (unpaired) electrons. The van der Waals surface area contributed by atoms with Crippen molar-refractivity contribution in [2.45, 2.75) is 26.5 Å². The number of carbonyl (C=O) groups excluding carboxylic acids is 1. The highest BCUT2D eigenvalue weighted by atomic mass is 32.1. The first-order valence-electron chi connectivity index (χ1n) is 9.10. The van der Waals surface area contributed by atoms with Gasteiger partial charge in [0.1, 0.15) is 6.10 Å². The van der Waals surface area contributed by atoms with Crippen LogP contribution in [0.15, 0.2) is 47.8 Å². The lowest BCUT2D eigenvalue weighted by molar-refractivity contribution is 0.0950. The fourth-order valence-electron chi connectivity index (χ4n) is 2.69. The van der Waals surface area contributed by atoms with Crippen LogP contribution in [0.5, 0.6) is 11.5 Å². The average Bonchev–Trinajstić information content (AvgIpc) is 3.39. The summed E-state index contributed by atoms with van der Waals surface area (Å²) in [4.78, 5) is 15.3. The minimum Gasteiger partial charge on any atom is -0.490 e. The fraction of sp³-hybridized carbons (Fsp3) is 0.286. The molecule has 0 aliphatic rings. The Labute approximate surface area is 172 Å². The zero-order valence-corrected chi connectivity index (χ0v) is 17.4. The molecule has 0 spiro atoms. The van der Waals surface area contributed by atoms with Gasteiger partial charge in [0.25, 0.3) is 5.91 Å². The van der Waals surface area contributed by atoms with Crippen LogP contribution in [0.25, 0.3) is 0 Å². The molecule has 2 heterocycles. The highest BCUT2D eigenvalue weighted by Crippen LogP contribution is 2.31. The second-order valence-electron chi connectivity index (χ2n) is 5.93. The van der Waals surface area contributed by atoms with E-state index in [4.69, 9.17) is 9.47 Å². The molecule has 1 amide bonds. The van der Waals surface area contributed by atoms with Crippen LogP contribution in [0.2, 0.25) is 0 Å². The van der Waals surface area contributed by atoms with Gasteiger partial charge in [0.05, 0.1) is 19.8 Å². The molecule has 1 atom stereocenters. The molecule has 3 aromatic rings. The van der Waals surface area contributed by atoms with E-state index < -0.39 is 6.10 Å². The number of aliphatic hydroxyl groups is 1. The average molecular weight is 418 g/mol. The van der Waals surface area contributed by atoms with Crippen molar-refractivity contribution in [3.63, 3.8) is 0 Å².